The molecule has 1 aromatic carbocycles. The van der Waals surface area contributed by atoms with Gasteiger partial charge in [-0.1, -0.05) is 15.9 Å². The van der Waals surface area contributed by atoms with Crippen molar-refractivity contribution in [3.8, 4) is 6.07 Å². The highest BCUT2D eigenvalue weighted by Crippen LogP contribution is 2.28. The van der Waals surface area contributed by atoms with E-state index in [1.165, 1.54) is 0 Å². The van der Waals surface area contributed by atoms with Gasteiger partial charge in [-0.3, -0.25) is 4.79 Å². The number of halogens is 1. The number of nitrogens with one attached hydrogen (secondary N) is 1. The highest BCUT2D eigenvalue weighted by molar-refractivity contribution is 9.10. The fourth-order valence-corrected chi connectivity index (χ4v) is 2.80. The van der Waals surface area contributed by atoms with E-state index >= 15 is 0 Å². The Balaban J connectivity index is 2.00. The summed E-state index contributed by atoms with van der Waals surface area (Å²) in [6.45, 7) is 0. The predicted octanol–water partition coefficient (Wildman–Crippen LogP) is 3.38. The number of nitriles is 1. The van der Waals surface area contributed by atoms with Crippen LogP contribution in [0.3, 0.4) is 0 Å². The van der Waals surface area contributed by atoms with E-state index in [0.717, 1.165) is 23.0 Å². The number of anilines is 1. The highest BCUT2D eigenvalue weighted by atomic mass is 79.9. The molecule has 0 unspecified atom stereocenters. The molecule has 0 saturated heterocycles. The van der Waals surface area contributed by atoms with E-state index in [1.807, 2.05) is 12.1 Å². The van der Waals surface area contributed by atoms with Crippen LogP contribution in [0.4, 0.5) is 5.69 Å². The molecule has 1 fully saturated rings. The van der Waals surface area contributed by atoms with Gasteiger partial charge < -0.3 is 10.4 Å². The molecule has 1 aliphatic rings. The maximum atomic E-state index is 10.9. The third-order valence-electron chi connectivity index (χ3n) is 3.54. The van der Waals surface area contributed by atoms with Crippen LogP contribution in [-0.2, 0) is 4.79 Å². The summed E-state index contributed by atoms with van der Waals surface area (Å²) in [6.07, 6.45) is 3.06. The number of rotatable bonds is 3. The Morgan fingerprint density at radius 3 is 2.63 bits per heavy atom. The van der Waals surface area contributed by atoms with Gasteiger partial charge in [-0.15, -0.1) is 0 Å². The van der Waals surface area contributed by atoms with E-state index in [1.54, 1.807) is 6.07 Å². The molecular weight excluding hydrogens is 308 g/mol. The summed E-state index contributed by atoms with van der Waals surface area (Å²) in [5.41, 5.74) is 1.43. The van der Waals surface area contributed by atoms with Gasteiger partial charge in [0, 0.05) is 10.5 Å². The largest absolute Gasteiger partial charge is 0.481 e. The van der Waals surface area contributed by atoms with Crippen LogP contribution in [0, 0.1) is 17.2 Å². The average molecular weight is 323 g/mol. The maximum Gasteiger partial charge on any atom is 0.306 e. The Labute approximate surface area is 120 Å². The van der Waals surface area contributed by atoms with Gasteiger partial charge >= 0.3 is 5.97 Å². The van der Waals surface area contributed by atoms with E-state index in [-0.39, 0.29) is 12.0 Å². The summed E-state index contributed by atoms with van der Waals surface area (Å²) in [5, 5.41) is 21.4. The minimum Gasteiger partial charge on any atom is -0.481 e. The van der Waals surface area contributed by atoms with Gasteiger partial charge in [0.1, 0.15) is 6.07 Å². The number of benzene rings is 1. The number of carboxylic acid groups (broad SMARTS) is 1. The molecule has 0 heterocycles. The van der Waals surface area contributed by atoms with Gasteiger partial charge in [0.25, 0.3) is 0 Å². The quantitative estimate of drug-likeness (QED) is 0.894. The number of aliphatic carboxylic acids is 1. The minimum absolute atomic E-state index is 0.210. The molecule has 0 spiro atoms. The van der Waals surface area contributed by atoms with Crippen molar-refractivity contribution in [1.29, 1.82) is 5.26 Å². The van der Waals surface area contributed by atoms with E-state index in [0.29, 0.717) is 18.4 Å². The Hall–Kier alpha value is -1.54. The molecule has 2 N–H and O–H groups in total. The van der Waals surface area contributed by atoms with Crippen molar-refractivity contribution in [2.45, 2.75) is 31.7 Å². The molecule has 0 radical (unpaired) electrons. The normalized spacial score (nSPS) is 22.5. The second-order valence-electron chi connectivity index (χ2n) is 4.83. The fourth-order valence-electron chi connectivity index (χ4n) is 2.44. The standard InChI is InChI=1S/C14H15BrN2O2/c15-11-3-6-13(10(7-11)8-16)17-12-4-1-9(2-5-12)14(18)19/h3,6-7,9,12,17H,1-2,4-5H2,(H,18,19). The van der Waals surface area contributed by atoms with Gasteiger partial charge in [-0.25, -0.2) is 0 Å². The van der Waals surface area contributed by atoms with Gasteiger partial charge in [0.05, 0.1) is 17.2 Å². The zero-order valence-electron chi connectivity index (χ0n) is 10.4. The second kappa shape index (κ2) is 6.07. The summed E-state index contributed by atoms with van der Waals surface area (Å²) in [5.74, 6) is -0.904. The van der Waals surface area contributed by atoms with Crippen molar-refractivity contribution in [3.05, 3.63) is 28.2 Å². The summed E-state index contributed by atoms with van der Waals surface area (Å²) < 4.78 is 0.879. The first kappa shape index (κ1) is 13.9. The van der Waals surface area contributed by atoms with E-state index in [4.69, 9.17) is 10.4 Å². The number of nitrogens with zero attached hydrogens (tertiary/aromatic N) is 1. The van der Waals surface area contributed by atoms with Gasteiger partial charge in [-0.2, -0.15) is 5.26 Å². The van der Waals surface area contributed by atoms with Crippen molar-refractivity contribution in [2.75, 3.05) is 5.32 Å². The van der Waals surface area contributed by atoms with Crippen LogP contribution < -0.4 is 5.32 Å². The van der Waals surface area contributed by atoms with Crippen molar-refractivity contribution in [1.82, 2.24) is 0 Å². The number of carbonyl (C=O) groups is 1. The Kier molecular flexibility index (Phi) is 4.43. The molecule has 100 valence electrons. The van der Waals surface area contributed by atoms with Crippen LogP contribution in [0.5, 0.6) is 0 Å². The Bertz CT molecular complexity index is 517. The van der Waals surface area contributed by atoms with Crippen LogP contribution in [0.25, 0.3) is 0 Å². The maximum absolute atomic E-state index is 10.9. The van der Waals surface area contributed by atoms with Crippen LogP contribution in [0.2, 0.25) is 0 Å². The molecule has 0 aromatic heterocycles. The zero-order chi connectivity index (χ0) is 13.8. The van der Waals surface area contributed by atoms with Crippen LogP contribution in [0.1, 0.15) is 31.2 Å². The molecule has 4 nitrogen and oxygen atoms in total. The van der Waals surface area contributed by atoms with Crippen LogP contribution in [-0.4, -0.2) is 17.1 Å². The van der Waals surface area contributed by atoms with Crippen molar-refractivity contribution < 1.29 is 9.90 Å². The highest BCUT2D eigenvalue weighted by Gasteiger charge is 2.26. The lowest BCUT2D eigenvalue weighted by Gasteiger charge is -2.28. The molecule has 2 rings (SSSR count). The average Bonchev–Trinajstić information content (AvgIpc) is 2.41. The SMILES string of the molecule is N#Cc1cc(Br)ccc1NC1CCC(C(=O)O)CC1. The molecule has 0 aliphatic heterocycles. The lowest BCUT2D eigenvalue weighted by molar-refractivity contribution is -0.142. The molecule has 1 aromatic rings. The number of hydrogen-bond acceptors (Lipinski definition) is 3. The second-order valence-corrected chi connectivity index (χ2v) is 5.75. The van der Waals surface area contributed by atoms with Crippen molar-refractivity contribution >= 4 is 27.6 Å². The third-order valence-corrected chi connectivity index (χ3v) is 4.03. The molecule has 1 aliphatic carbocycles. The van der Waals surface area contributed by atoms with Gasteiger partial charge in [-0.05, 0) is 43.9 Å². The van der Waals surface area contributed by atoms with E-state index in [2.05, 4.69) is 27.3 Å². The van der Waals surface area contributed by atoms with Crippen LogP contribution in [0.15, 0.2) is 22.7 Å². The van der Waals surface area contributed by atoms with E-state index in [9.17, 15) is 4.79 Å². The van der Waals surface area contributed by atoms with Gasteiger partial charge in [0.15, 0.2) is 0 Å². The summed E-state index contributed by atoms with van der Waals surface area (Å²) in [4.78, 5) is 10.9. The molecule has 0 amide bonds. The Morgan fingerprint density at radius 2 is 2.05 bits per heavy atom. The van der Waals surface area contributed by atoms with E-state index < -0.39 is 5.97 Å². The van der Waals surface area contributed by atoms with Crippen LogP contribution >= 0.6 is 15.9 Å². The Morgan fingerprint density at radius 1 is 1.37 bits per heavy atom. The summed E-state index contributed by atoms with van der Waals surface area (Å²) >= 11 is 3.34. The first-order valence-electron chi connectivity index (χ1n) is 6.29. The summed E-state index contributed by atoms with van der Waals surface area (Å²) in [6, 6.07) is 7.98. The van der Waals surface area contributed by atoms with Gasteiger partial charge in [0.2, 0.25) is 0 Å². The lowest BCUT2D eigenvalue weighted by atomic mass is 9.86. The predicted molar refractivity (Wildman–Crippen MR) is 75.9 cm³/mol. The molecule has 19 heavy (non-hydrogen) atoms. The first-order valence-corrected chi connectivity index (χ1v) is 7.08. The summed E-state index contributed by atoms with van der Waals surface area (Å²) in [7, 11) is 0. The molecule has 0 bridgehead atoms. The topological polar surface area (TPSA) is 73.1 Å². The first-order chi connectivity index (χ1) is 9.10. The zero-order valence-corrected chi connectivity index (χ0v) is 12.0. The molecule has 5 heteroatoms. The number of carboxylic acids is 1. The molecular formula is C14H15BrN2O2. The molecule has 1 saturated carbocycles. The van der Waals surface area contributed by atoms with Crippen molar-refractivity contribution in [2.24, 2.45) is 5.92 Å². The fraction of sp³-hybridized carbons (Fsp3) is 0.429. The third kappa shape index (κ3) is 3.48. The minimum atomic E-state index is -0.695. The van der Waals surface area contributed by atoms with Crippen molar-refractivity contribution in [3.63, 3.8) is 0 Å². The lowest BCUT2D eigenvalue weighted by Crippen LogP contribution is -2.29. The smallest absolute Gasteiger partial charge is 0.306 e. The monoisotopic (exact) mass is 322 g/mol. The number of hydrogen-bond donors (Lipinski definition) is 2. The molecule has 0 atom stereocenters.